The van der Waals surface area contributed by atoms with Crippen LogP contribution in [-0.4, -0.2) is 5.91 Å². The van der Waals surface area contributed by atoms with Crippen LogP contribution in [0.2, 0.25) is 5.02 Å². The van der Waals surface area contributed by atoms with E-state index in [-0.39, 0.29) is 11.3 Å². The highest BCUT2D eigenvalue weighted by atomic mass is 35.5. The van der Waals surface area contributed by atoms with Crippen molar-refractivity contribution in [2.24, 2.45) is 5.73 Å². The Bertz CT molecular complexity index is 656. The summed E-state index contributed by atoms with van der Waals surface area (Å²) in [5.74, 6) is 0.244. The predicted octanol–water partition coefficient (Wildman–Crippen LogP) is 3.38. The molecule has 0 aliphatic carbocycles. The lowest BCUT2D eigenvalue weighted by Crippen LogP contribution is -2.13. The summed E-state index contributed by atoms with van der Waals surface area (Å²) in [6.45, 7) is 2.00. The average Bonchev–Trinajstić information content (AvgIpc) is 2.42. The molecule has 0 spiro atoms. The topological polar surface area (TPSA) is 78.3 Å². The second-order valence-corrected chi connectivity index (χ2v) is 4.70. The molecule has 0 radical (unpaired) electrons. The number of rotatable bonds is 4. The lowest BCUT2D eigenvalue weighted by atomic mass is 10.1. The fraction of sp³-hybridized carbons (Fsp3) is 0.133. The number of anilines is 1. The molecule has 0 aromatic heterocycles. The molecular formula is C15H15ClN2O2. The Morgan fingerprint density at radius 2 is 2.05 bits per heavy atom. The van der Waals surface area contributed by atoms with Gasteiger partial charge in [0.1, 0.15) is 5.75 Å². The van der Waals surface area contributed by atoms with E-state index in [9.17, 15) is 4.79 Å². The lowest BCUT2D eigenvalue weighted by Gasteiger charge is -2.13. The SMILES string of the molecule is CCc1cc(Oc2c(N)cccc2C(N)=O)ccc1Cl. The van der Waals surface area contributed by atoms with E-state index in [1.165, 1.54) is 0 Å². The highest BCUT2D eigenvalue weighted by Gasteiger charge is 2.13. The molecule has 0 fully saturated rings. The first-order valence-electron chi connectivity index (χ1n) is 6.17. The van der Waals surface area contributed by atoms with Gasteiger partial charge in [-0.15, -0.1) is 0 Å². The van der Waals surface area contributed by atoms with Crippen LogP contribution in [0.25, 0.3) is 0 Å². The van der Waals surface area contributed by atoms with E-state index in [1.807, 2.05) is 13.0 Å². The van der Waals surface area contributed by atoms with Gasteiger partial charge < -0.3 is 16.2 Å². The largest absolute Gasteiger partial charge is 0.454 e. The fourth-order valence-corrected chi connectivity index (χ4v) is 2.12. The quantitative estimate of drug-likeness (QED) is 0.847. The van der Waals surface area contributed by atoms with E-state index in [1.54, 1.807) is 30.3 Å². The molecule has 4 N–H and O–H groups in total. The fourth-order valence-electron chi connectivity index (χ4n) is 1.87. The smallest absolute Gasteiger partial charge is 0.252 e. The van der Waals surface area contributed by atoms with Crippen molar-refractivity contribution in [1.29, 1.82) is 0 Å². The molecule has 2 rings (SSSR count). The molecular weight excluding hydrogens is 276 g/mol. The molecule has 0 atom stereocenters. The van der Waals surface area contributed by atoms with Crippen molar-refractivity contribution in [3.8, 4) is 11.5 Å². The summed E-state index contributed by atoms with van der Waals surface area (Å²) in [6.07, 6.45) is 0.781. The molecule has 4 nitrogen and oxygen atoms in total. The third-order valence-corrected chi connectivity index (χ3v) is 3.30. The molecule has 104 valence electrons. The van der Waals surface area contributed by atoms with Crippen LogP contribution in [0.15, 0.2) is 36.4 Å². The van der Waals surface area contributed by atoms with Crippen LogP contribution in [0.4, 0.5) is 5.69 Å². The van der Waals surface area contributed by atoms with Crippen LogP contribution in [-0.2, 0) is 6.42 Å². The molecule has 0 saturated heterocycles. The van der Waals surface area contributed by atoms with E-state index < -0.39 is 5.91 Å². The van der Waals surface area contributed by atoms with Gasteiger partial charge in [0.25, 0.3) is 5.91 Å². The summed E-state index contributed by atoms with van der Waals surface area (Å²) in [6, 6.07) is 10.2. The Morgan fingerprint density at radius 1 is 1.30 bits per heavy atom. The first kappa shape index (κ1) is 14.2. The van der Waals surface area contributed by atoms with E-state index in [0.717, 1.165) is 12.0 Å². The number of benzene rings is 2. The van der Waals surface area contributed by atoms with Crippen molar-refractivity contribution in [3.05, 3.63) is 52.5 Å². The third-order valence-electron chi connectivity index (χ3n) is 2.93. The van der Waals surface area contributed by atoms with Crippen molar-refractivity contribution in [3.63, 3.8) is 0 Å². The highest BCUT2D eigenvalue weighted by Crippen LogP contribution is 2.32. The van der Waals surface area contributed by atoms with Gasteiger partial charge in [-0.25, -0.2) is 0 Å². The number of para-hydroxylation sites is 1. The monoisotopic (exact) mass is 290 g/mol. The standard InChI is InChI=1S/C15H15ClN2O2/c1-2-9-8-10(6-7-12(9)16)20-14-11(15(18)19)4-3-5-13(14)17/h3-8H,2,17H2,1H3,(H2,18,19). The zero-order valence-corrected chi connectivity index (χ0v) is 11.8. The zero-order valence-electron chi connectivity index (χ0n) is 11.0. The Hall–Kier alpha value is -2.20. The first-order valence-corrected chi connectivity index (χ1v) is 6.55. The number of carbonyl (C=O) groups excluding carboxylic acids is 1. The summed E-state index contributed by atoms with van der Waals surface area (Å²) < 4.78 is 5.71. The minimum absolute atomic E-state index is 0.248. The normalized spacial score (nSPS) is 10.3. The third kappa shape index (κ3) is 2.86. The molecule has 2 aromatic carbocycles. The maximum absolute atomic E-state index is 11.4. The Kier molecular flexibility index (Phi) is 4.15. The van der Waals surface area contributed by atoms with Crippen LogP contribution in [0.3, 0.4) is 0 Å². The maximum atomic E-state index is 11.4. The minimum Gasteiger partial charge on any atom is -0.454 e. The van der Waals surface area contributed by atoms with Crippen LogP contribution < -0.4 is 16.2 Å². The second-order valence-electron chi connectivity index (χ2n) is 4.30. The summed E-state index contributed by atoms with van der Waals surface area (Å²) in [5.41, 5.74) is 12.7. The highest BCUT2D eigenvalue weighted by molar-refractivity contribution is 6.31. The number of nitrogens with two attached hydrogens (primary N) is 2. The number of halogens is 1. The van der Waals surface area contributed by atoms with Gasteiger partial charge >= 0.3 is 0 Å². The summed E-state index contributed by atoms with van der Waals surface area (Å²) in [5, 5.41) is 0.677. The van der Waals surface area contributed by atoms with Gasteiger partial charge in [-0.2, -0.15) is 0 Å². The molecule has 0 heterocycles. The molecule has 0 aliphatic rings. The van der Waals surface area contributed by atoms with Gasteiger partial charge in [-0.05, 0) is 42.3 Å². The van der Waals surface area contributed by atoms with E-state index in [0.29, 0.717) is 16.5 Å². The van der Waals surface area contributed by atoms with Crippen molar-refractivity contribution in [2.75, 3.05) is 5.73 Å². The average molecular weight is 291 g/mol. The van der Waals surface area contributed by atoms with Crippen molar-refractivity contribution >= 4 is 23.2 Å². The van der Waals surface area contributed by atoms with E-state index in [2.05, 4.69) is 0 Å². The van der Waals surface area contributed by atoms with Crippen LogP contribution in [0, 0.1) is 0 Å². The molecule has 1 amide bonds. The molecule has 20 heavy (non-hydrogen) atoms. The Balaban J connectivity index is 2.42. The number of ether oxygens (including phenoxy) is 1. The van der Waals surface area contributed by atoms with Crippen molar-refractivity contribution in [2.45, 2.75) is 13.3 Å². The number of hydrogen-bond acceptors (Lipinski definition) is 3. The second kappa shape index (κ2) is 5.84. The zero-order chi connectivity index (χ0) is 14.7. The van der Waals surface area contributed by atoms with Gasteiger partial charge in [0, 0.05) is 5.02 Å². The maximum Gasteiger partial charge on any atom is 0.252 e. The first-order chi connectivity index (χ1) is 9.52. The van der Waals surface area contributed by atoms with Gasteiger partial charge in [0.2, 0.25) is 0 Å². The van der Waals surface area contributed by atoms with Gasteiger partial charge in [-0.1, -0.05) is 24.6 Å². The molecule has 0 unspecified atom stereocenters. The number of nitrogen functional groups attached to an aromatic ring is 1. The van der Waals surface area contributed by atoms with E-state index in [4.69, 9.17) is 27.8 Å². The number of amides is 1. The van der Waals surface area contributed by atoms with Gasteiger partial charge in [0.05, 0.1) is 11.3 Å². The number of aryl methyl sites for hydroxylation is 1. The minimum atomic E-state index is -0.586. The van der Waals surface area contributed by atoms with Crippen LogP contribution in [0.1, 0.15) is 22.8 Å². The predicted molar refractivity (Wildman–Crippen MR) is 80.3 cm³/mol. The molecule has 0 aliphatic heterocycles. The van der Waals surface area contributed by atoms with Crippen LogP contribution in [0.5, 0.6) is 11.5 Å². The number of primary amides is 1. The molecule has 0 bridgehead atoms. The van der Waals surface area contributed by atoms with Crippen molar-refractivity contribution in [1.82, 2.24) is 0 Å². The summed E-state index contributed by atoms with van der Waals surface area (Å²) in [4.78, 5) is 11.4. The Labute approximate surface area is 122 Å². The van der Waals surface area contributed by atoms with Gasteiger partial charge in [0.15, 0.2) is 5.75 Å². The lowest BCUT2D eigenvalue weighted by molar-refractivity contribution is 0.0998. The molecule has 0 saturated carbocycles. The summed E-state index contributed by atoms with van der Waals surface area (Å²) in [7, 11) is 0. The van der Waals surface area contributed by atoms with Crippen LogP contribution >= 0.6 is 11.6 Å². The number of carbonyl (C=O) groups is 1. The van der Waals surface area contributed by atoms with Gasteiger partial charge in [-0.3, -0.25) is 4.79 Å². The number of hydrogen-bond donors (Lipinski definition) is 2. The molecule has 2 aromatic rings. The Morgan fingerprint density at radius 3 is 2.70 bits per heavy atom. The van der Waals surface area contributed by atoms with E-state index >= 15 is 0 Å². The summed E-state index contributed by atoms with van der Waals surface area (Å²) >= 11 is 6.06. The molecule has 5 heteroatoms. The van der Waals surface area contributed by atoms with Crippen molar-refractivity contribution < 1.29 is 9.53 Å².